The Morgan fingerprint density at radius 3 is 2.24 bits per heavy atom. The van der Waals surface area contributed by atoms with Crippen molar-refractivity contribution in [3.8, 4) is 17.2 Å². The molecular weight excluding hydrogens is 364 g/mol. The fourth-order valence-electron chi connectivity index (χ4n) is 2.87. The van der Waals surface area contributed by atoms with Crippen LogP contribution in [0.5, 0.6) is 0 Å². The lowest BCUT2D eigenvalue weighted by molar-refractivity contribution is -0.123. The van der Waals surface area contributed by atoms with Gasteiger partial charge in [0.2, 0.25) is 0 Å². The maximum atomic E-state index is 12.8. The summed E-state index contributed by atoms with van der Waals surface area (Å²) in [5.41, 5.74) is 3.69. The third-order valence-corrected chi connectivity index (χ3v) is 4.46. The largest absolute Gasteiger partial charge is 0.449 e. The Labute approximate surface area is 169 Å². The van der Waals surface area contributed by atoms with E-state index in [1.807, 2.05) is 19.1 Å². The van der Waals surface area contributed by atoms with Crippen LogP contribution in [0.15, 0.2) is 72.8 Å². The van der Waals surface area contributed by atoms with Crippen LogP contribution in [0.1, 0.15) is 28.4 Å². The number of aryl methyl sites for hydroxylation is 1. The molecule has 0 saturated heterocycles. The van der Waals surface area contributed by atoms with E-state index in [9.17, 15) is 14.9 Å². The number of rotatable bonds is 5. The molecule has 0 aromatic heterocycles. The van der Waals surface area contributed by atoms with Crippen LogP contribution in [0.25, 0.3) is 11.1 Å². The Morgan fingerprint density at radius 1 is 0.931 bits per heavy atom. The highest BCUT2D eigenvalue weighted by atomic mass is 16.5. The lowest BCUT2D eigenvalue weighted by atomic mass is 9.96. The summed E-state index contributed by atoms with van der Waals surface area (Å²) in [5, 5.41) is 12.1. The standard InChI is InChI=1S/C24H20N2O3/c1-16-11-13-19(14-12-16)26-23(27)17(2)29-24(28)22-10-6-5-9-21(22)20-8-4-3-7-18(20)15-25/h3-14,17H,1-2H3,(H,26,27)/t17-/m1/s1. The van der Waals surface area contributed by atoms with Gasteiger partial charge in [0, 0.05) is 11.3 Å². The second-order valence-corrected chi connectivity index (χ2v) is 6.61. The lowest BCUT2D eigenvalue weighted by Gasteiger charge is -2.15. The highest BCUT2D eigenvalue weighted by molar-refractivity contribution is 6.01. The van der Waals surface area contributed by atoms with Gasteiger partial charge in [0.05, 0.1) is 17.2 Å². The van der Waals surface area contributed by atoms with Crippen LogP contribution in [0.4, 0.5) is 5.69 Å². The molecule has 0 heterocycles. The fourth-order valence-corrected chi connectivity index (χ4v) is 2.87. The normalized spacial score (nSPS) is 11.2. The molecule has 0 aliphatic rings. The summed E-state index contributed by atoms with van der Waals surface area (Å²) in [6.45, 7) is 3.48. The minimum atomic E-state index is -0.983. The first-order chi connectivity index (χ1) is 14.0. The van der Waals surface area contributed by atoms with Crippen molar-refractivity contribution in [3.63, 3.8) is 0 Å². The van der Waals surface area contributed by atoms with Crippen LogP contribution >= 0.6 is 0 Å². The summed E-state index contributed by atoms with van der Waals surface area (Å²) < 4.78 is 5.40. The molecular formula is C24H20N2O3. The highest BCUT2D eigenvalue weighted by Crippen LogP contribution is 2.27. The minimum Gasteiger partial charge on any atom is -0.449 e. The minimum absolute atomic E-state index is 0.296. The van der Waals surface area contributed by atoms with E-state index >= 15 is 0 Å². The molecule has 29 heavy (non-hydrogen) atoms. The fraction of sp³-hybridized carbons (Fsp3) is 0.125. The monoisotopic (exact) mass is 384 g/mol. The van der Waals surface area contributed by atoms with Gasteiger partial charge in [-0.1, -0.05) is 54.1 Å². The van der Waals surface area contributed by atoms with Crippen molar-refractivity contribution in [1.29, 1.82) is 5.26 Å². The molecule has 144 valence electrons. The van der Waals surface area contributed by atoms with Gasteiger partial charge in [-0.3, -0.25) is 4.79 Å². The Bertz CT molecular complexity index is 1080. The van der Waals surface area contributed by atoms with E-state index in [4.69, 9.17) is 4.74 Å². The zero-order chi connectivity index (χ0) is 20.8. The van der Waals surface area contributed by atoms with Crippen molar-refractivity contribution in [2.45, 2.75) is 20.0 Å². The molecule has 0 aliphatic carbocycles. The summed E-state index contributed by atoms with van der Waals surface area (Å²) in [5.74, 6) is -1.04. The van der Waals surface area contributed by atoms with Gasteiger partial charge in [-0.25, -0.2) is 4.79 Å². The van der Waals surface area contributed by atoms with Gasteiger partial charge in [-0.15, -0.1) is 0 Å². The number of hydrogen-bond acceptors (Lipinski definition) is 4. The number of anilines is 1. The van der Waals surface area contributed by atoms with E-state index in [1.54, 1.807) is 60.7 Å². The quantitative estimate of drug-likeness (QED) is 0.646. The summed E-state index contributed by atoms with van der Waals surface area (Å²) in [7, 11) is 0. The van der Waals surface area contributed by atoms with E-state index < -0.39 is 18.0 Å². The Morgan fingerprint density at radius 2 is 1.55 bits per heavy atom. The van der Waals surface area contributed by atoms with Crippen molar-refractivity contribution in [1.82, 2.24) is 0 Å². The first-order valence-corrected chi connectivity index (χ1v) is 9.16. The van der Waals surface area contributed by atoms with Gasteiger partial charge < -0.3 is 10.1 Å². The Hall–Kier alpha value is -3.91. The van der Waals surface area contributed by atoms with Crippen molar-refractivity contribution >= 4 is 17.6 Å². The highest BCUT2D eigenvalue weighted by Gasteiger charge is 2.22. The molecule has 0 spiro atoms. The number of hydrogen-bond donors (Lipinski definition) is 1. The molecule has 0 bridgehead atoms. The second kappa shape index (κ2) is 8.85. The van der Waals surface area contributed by atoms with Gasteiger partial charge in [0.1, 0.15) is 0 Å². The molecule has 1 amide bonds. The molecule has 5 heteroatoms. The van der Waals surface area contributed by atoms with Crippen LogP contribution in [0.2, 0.25) is 0 Å². The summed E-state index contributed by atoms with van der Waals surface area (Å²) in [6, 6.07) is 23.4. The number of nitrogens with zero attached hydrogens (tertiary/aromatic N) is 1. The zero-order valence-corrected chi connectivity index (χ0v) is 16.2. The SMILES string of the molecule is Cc1ccc(NC(=O)[C@@H](C)OC(=O)c2ccccc2-c2ccccc2C#N)cc1. The Kier molecular flexibility index (Phi) is 6.06. The lowest BCUT2D eigenvalue weighted by Crippen LogP contribution is -2.30. The number of carbonyl (C=O) groups excluding carboxylic acids is 2. The molecule has 0 fully saturated rings. The predicted molar refractivity (Wildman–Crippen MR) is 111 cm³/mol. The van der Waals surface area contributed by atoms with Crippen molar-refractivity contribution in [2.75, 3.05) is 5.32 Å². The van der Waals surface area contributed by atoms with Crippen LogP contribution in [0, 0.1) is 18.3 Å². The maximum absolute atomic E-state index is 12.8. The molecule has 0 radical (unpaired) electrons. The average Bonchev–Trinajstić information content (AvgIpc) is 2.75. The average molecular weight is 384 g/mol. The van der Waals surface area contributed by atoms with Gasteiger partial charge >= 0.3 is 5.97 Å². The van der Waals surface area contributed by atoms with E-state index in [0.717, 1.165) is 5.56 Å². The van der Waals surface area contributed by atoms with Crippen molar-refractivity contribution < 1.29 is 14.3 Å². The Balaban J connectivity index is 1.78. The van der Waals surface area contributed by atoms with Crippen LogP contribution in [-0.4, -0.2) is 18.0 Å². The molecule has 3 aromatic carbocycles. The summed E-state index contributed by atoms with van der Waals surface area (Å²) in [6.07, 6.45) is -0.983. The van der Waals surface area contributed by atoms with Gasteiger partial charge in [-0.2, -0.15) is 5.26 Å². The van der Waals surface area contributed by atoms with Crippen LogP contribution < -0.4 is 5.32 Å². The molecule has 3 rings (SSSR count). The molecule has 0 unspecified atom stereocenters. The van der Waals surface area contributed by atoms with E-state index in [2.05, 4.69) is 11.4 Å². The summed E-state index contributed by atoms with van der Waals surface area (Å²) in [4.78, 5) is 25.2. The molecule has 5 nitrogen and oxygen atoms in total. The predicted octanol–water partition coefficient (Wildman–Crippen LogP) is 4.72. The van der Waals surface area contributed by atoms with Gasteiger partial charge in [0.25, 0.3) is 5.91 Å². The van der Waals surface area contributed by atoms with E-state index in [1.165, 1.54) is 6.92 Å². The molecule has 1 N–H and O–H groups in total. The third-order valence-electron chi connectivity index (χ3n) is 4.46. The molecule has 0 aliphatic heterocycles. The van der Waals surface area contributed by atoms with Crippen LogP contribution in [-0.2, 0) is 9.53 Å². The number of benzene rings is 3. The number of esters is 1. The first kappa shape index (κ1) is 19.8. The number of ether oxygens (including phenoxy) is 1. The van der Waals surface area contributed by atoms with Crippen LogP contribution in [0.3, 0.4) is 0 Å². The number of nitrogens with one attached hydrogen (secondary N) is 1. The number of carbonyl (C=O) groups is 2. The topological polar surface area (TPSA) is 79.2 Å². The zero-order valence-electron chi connectivity index (χ0n) is 16.2. The second-order valence-electron chi connectivity index (χ2n) is 6.61. The number of amides is 1. The maximum Gasteiger partial charge on any atom is 0.339 e. The van der Waals surface area contributed by atoms with Crippen molar-refractivity contribution in [2.24, 2.45) is 0 Å². The smallest absolute Gasteiger partial charge is 0.339 e. The first-order valence-electron chi connectivity index (χ1n) is 9.16. The van der Waals surface area contributed by atoms with Gasteiger partial charge in [-0.05, 0) is 43.7 Å². The number of nitriles is 1. The van der Waals surface area contributed by atoms with Gasteiger partial charge in [0.15, 0.2) is 6.10 Å². The molecule has 1 atom stereocenters. The third kappa shape index (κ3) is 4.69. The molecule has 0 saturated carbocycles. The molecule has 3 aromatic rings. The van der Waals surface area contributed by atoms with Crippen molar-refractivity contribution in [3.05, 3.63) is 89.5 Å². The van der Waals surface area contributed by atoms with E-state index in [0.29, 0.717) is 27.9 Å². The van der Waals surface area contributed by atoms with E-state index in [-0.39, 0.29) is 0 Å². The summed E-state index contributed by atoms with van der Waals surface area (Å²) >= 11 is 0.